The third-order valence-corrected chi connectivity index (χ3v) is 3.58. The molecule has 0 atom stereocenters. The molecule has 0 bridgehead atoms. The van der Waals surface area contributed by atoms with Crippen molar-refractivity contribution in [2.24, 2.45) is 11.3 Å². The van der Waals surface area contributed by atoms with Crippen molar-refractivity contribution in [3.8, 4) is 5.75 Å². The minimum absolute atomic E-state index is 0.274. The van der Waals surface area contributed by atoms with Crippen LogP contribution in [0.15, 0.2) is 24.3 Å². The maximum atomic E-state index is 12.5. The Labute approximate surface area is 138 Å². The molecule has 0 unspecified atom stereocenters. The van der Waals surface area contributed by atoms with Gasteiger partial charge >= 0.3 is 0 Å². The first-order valence-electron chi connectivity index (χ1n) is 8.10. The predicted molar refractivity (Wildman–Crippen MR) is 92.5 cm³/mol. The summed E-state index contributed by atoms with van der Waals surface area (Å²) in [5.41, 5.74) is -0.585. The van der Waals surface area contributed by atoms with Crippen molar-refractivity contribution in [2.45, 2.75) is 41.0 Å². The zero-order valence-corrected chi connectivity index (χ0v) is 14.7. The highest BCUT2D eigenvalue weighted by Gasteiger charge is 2.36. The summed E-state index contributed by atoms with van der Waals surface area (Å²) in [6, 6.07) is 7.20. The highest BCUT2D eigenvalue weighted by Crippen LogP contribution is 2.26. The van der Waals surface area contributed by atoms with Crippen LogP contribution in [0.1, 0.15) is 41.0 Å². The zero-order valence-electron chi connectivity index (χ0n) is 14.7. The molecule has 0 aliphatic heterocycles. The summed E-state index contributed by atoms with van der Waals surface area (Å²) in [7, 11) is 0. The van der Waals surface area contributed by atoms with Crippen molar-refractivity contribution in [3.05, 3.63) is 24.3 Å². The number of carbonyl (C=O) groups excluding carboxylic acids is 2. The van der Waals surface area contributed by atoms with Crippen LogP contribution in [0.25, 0.3) is 0 Å². The van der Waals surface area contributed by atoms with Crippen molar-refractivity contribution < 1.29 is 14.3 Å². The molecule has 0 aliphatic rings. The Bertz CT molecular complexity index is 539. The first-order chi connectivity index (χ1) is 10.8. The molecule has 0 heterocycles. The number of benzene rings is 1. The maximum absolute atomic E-state index is 12.5. The van der Waals surface area contributed by atoms with E-state index >= 15 is 0 Å². The van der Waals surface area contributed by atoms with Gasteiger partial charge in [0, 0.05) is 6.54 Å². The van der Waals surface area contributed by atoms with Crippen LogP contribution in [0.3, 0.4) is 0 Å². The molecule has 2 N–H and O–H groups in total. The van der Waals surface area contributed by atoms with Crippen LogP contribution in [0.2, 0.25) is 0 Å². The van der Waals surface area contributed by atoms with Gasteiger partial charge in [-0.3, -0.25) is 9.59 Å². The highest BCUT2D eigenvalue weighted by atomic mass is 16.5. The van der Waals surface area contributed by atoms with Crippen LogP contribution >= 0.6 is 0 Å². The van der Waals surface area contributed by atoms with E-state index in [-0.39, 0.29) is 11.8 Å². The fourth-order valence-corrected chi connectivity index (χ4v) is 1.93. The average molecular weight is 320 g/mol. The lowest BCUT2D eigenvalue weighted by Gasteiger charge is -2.23. The number of amides is 2. The van der Waals surface area contributed by atoms with Gasteiger partial charge < -0.3 is 15.4 Å². The van der Waals surface area contributed by atoms with E-state index in [0.717, 1.165) is 6.42 Å². The van der Waals surface area contributed by atoms with Gasteiger partial charge in [0.1, 0.15) is 11.2 Å². The third kappa shape index (κ3) is 5.58. The number of rotatable bonds is 8. The Morgan fingerprint density at radius 2 is 1.83 bits per heavy atom. The summed E-state index contributed by atoms with van der Waals surface area (Å²) in [6.07, 6.45) is 0.886. The van der Waals surface area contributed by atoms with Gasteiger partial charge in [0.05, 0.1) is 12.3 Å². The average Bonchev–Trinajstić information content (AvgIpc) is 2.48. The van der Waals surface area contributed by atoms with Crippen molar-refractivity contribution in [3.63, 3.8) is 0 Å². The molecule has 0 spiro atoms. The van der Waals surface area contributed by atoms with Crippen LogP contribution in [0, 0.1) is 11.3 Å². The molecule has 0 aliphatic carbocycles. The van der Waals surface area contributed by atoms with Gasteiger partial charge in [-0.2, -0.15) is 0 Å². The fourth-order valence-electron chi connectivity index (χ4n) is 1.93. The summed E-state index contributed by atoms with van der Waals surface area (Å²) in [5, 5.41) is 5.62. The van der Waals surface area contributed by atoms with E-state index in [0.29, 0.717) is 30.5 Å². The minimum atomic E-state index is -1.16. The number of hydrogen-bond donors (Lipinski definition) is 2. The number of para-hydroxylation sites is 2. The van der Waals surface area contributed by atoms with E-state index < -0.39 is 5.41 Å². The van der Waals surface area contributed by atoms with Crippen LogP contribution in [-0.4, -0.2) is 25.0 Å². The number of nitrogens with one attached hydrogen (secondary N) is 2. The fraction of sp³-hybridized carbons (Fsp3) is 0.556. The Balaban J connectivity index is 2.73. The molecule has 0 radical (unpaired) electrons. The molecule has 5 nitrogen and oxygen atoms in total. The molecule has 5 heteroatoms. The minimum Gasteiger partial charge on any atom is -0.492 e. The molecule has 23 heavy (non-hydrogen) atoms. The van der Waals surface area contributed by atoms with Gasteiger partial charge in [-0.15, -0.1) is 0 Å². The van der Waals surface area contributed by atoms with E-state index in [1.54, 1.807) is 26.0 Å². The molecular weight excluding hydrogens is 292 g/mol. The van der Waals surface area contributed by atoms with Gasteiger partial charge in [-0.25, -0.2) is 0 Å². The van der Waals surface area contributed by atoms with Gasteiger partial charge in [0.2, 0.25) is 11.8 Å². The molecule has 0 saturated carbocycles. The normalized spacial score (nSPS) is 11.2. The molecule has 0 fully saturated rings. The number of anilines is 1. The van der Waals surface area contributed by atoms with Gasteiger partial charge in [-0.1, -0.05) is 26.0 Å². The maximum Gasteiger partial charge on any atom is 0.239 e. The molecule has 1 rings (SSSR count). The third-order valence-electron chi connectivity index (χ3n) is 3.58. The molecule has 0 saturated heterocycles. The topological polar surface area (TPSA) is 67.4 Å². The summed E-state index contributed by atoms with van der Waals surface area (Å²) < 4.78 is 5.49. The lowest BCUT2D eigenvalue weighted by molar-refractivity contribution is -0.138. The monoisotopic (exact) mass is 320 g/mol. The predicted octanol–water partition coefficient (Wildman–Crippen LogP) is 3.21. The molecule has 2 amide bonds. The van der Waals surface area contributed by atoms with Gasteiger partial charge in [0.25, 0.3) is 0 Å². The van der Waals surface area contributed by atoms with Crippen molar-refractivity contribution in [1.29, 1.82) is 0 Å². The van der Waals surface area contributed by atoms with Crippen LogP contribution in [0.5, 0.6) is 5.75 Å². The van der Waals surface area contributed by atoms with E-state index in [9.17, 15) is 9.59 Å². The van der Waals surface area contributed by atoms with Crippen LogP contribution < -0.4 is 15.4 Å². The van der Waals surface area contributed by atoms with E-state index in [1.165, 1.54) is 0 Å². The SMILES string of the molecule is CCOc1ccccc1NC(=O)C(C)(C)C(=O)NCCC(C)C. The Morgan fingerprint density at radius 1 is 1.17 bits per heavy atom. The largest absolute Gasteiger partial charge is 0.492 e. The lowest BCUT2D eigenvalue weighted by Crippen LogP contribution is -2.45. The standard InChI is InChI=1S/C18H28N2O3/c1-6-23-15-10-8-7-9-14(15)20-17(22)18(4,5)16(21)19-12-11-13(2)3/h7-10,13H,6,11-12H2,1-5H3,(H,19,21)(H,20,22). The first-order valence-corrected chi connectivity index (χ1v) is 8.10. The van der Waals surface area contributed by atoms with Gasteiger partial charge in [-0.05, 0) is 45.2 Å². The Hall–Kier alpha value is -2.04. The first kappa shape index (κ1) is 19.0. The summed E-state index contributed by atoms with van der Waals surface area (Å²) in [4.78, 5) is 24.8. The lowest BCUT2D eigenvalue weighted by atomic mass is 9.90. The second-order valence-corrected chi connectivity index (χ2v) is 6.45. The smallest absolute Gasteiger partial charge is 0.239 e. The summed E-state index contributed by atoms with van der Waals surface area (Å²) >= 11 is 0. The molecular formula is C18H28N2O3. The molecule has 1 aromatic rings. The summed E-state index contributed by atoms with van der Waals surface area (Å²) in [6.45, 7) is 10.4. The van der Waals surface area contributed by atoms with Crippen molar-refractivity contribution in [1.82, 2.24) is 5.32 Å². The second kappa shape index (κ2) is 8.56. The molecule has 0 aromatic heterocycles. The quantitative estimate of drug-likeness (QED) is 0.723. The Morgan fingerprint density at radius 3 is 2.43 bits per heavy atom. The van der Waals surface area contributed by atoms with Crippen molar-refractivity contribution >= 4 is 17.5 Å². The number of ether oxygens (including phenoxy) is 1. The highest BCUT2D eigenvalue weighted by molar-refractivity contribution is 6.10. The van der Waals surface area contributed by atoms with E-state index in [2.05, 4.69) is 24.5 Å². The van der Waals surface area contributed by atoms with Crippen molar-refractivity contribution in [2.75, 3.05) is 18.5 Å². The van der Waals surface area contributed by atoms with E-state index in [1.807, 2.05) is 19.1 Å². The van der Waals surface area contributed by atoms with Gasteiger partial charge in [0.15, 0.2) is 0 Å². The summed E-state index contributed by atoms with van der Waals surface area (Å²) in [5.74, 6) is 0.473. The van der Waals surface area contributed by atoms with Crippen LogP contribution in [-0.2, 0) is 9.59 Å². The Kier molecular flexibility index (Phi) is 7.07. The number of carbonyl (C=O) groups is 2. The zero-order chi connectivity index (χ0) is 17.5. The van der Waals surface area contributed by atoms with E-state index in [4.69, 9.17) is 4.74 Å². The van der Waals surface area contributed by atoms with Crippen LogP contribution in [0.4, 0.5) is 5.69 Å². The number of hydrogen-bond acceptors (Lipinski definition) is 3. The molecule has 1 aromatic carbocycles. The second-order valence-electron chi connectivity index (χ2n) is 6.45. The molecule has 128 valence electrons.